The van der Waals surface area contributed by atoms with Crippen LogP contribution in [-0.2, 0) is 11.3 Å². The van der Waals surface area contributed by atoms with Gasteiger partial charge in [0.25, 0.3) is 0 Å². The predicted octanol–water partition coefficient (Wildman–Crippen LogP) is 2.97. The molecule has 1 amide bonds. The van der Waals surface area contributed by atoms with Gasteiger partial charge in [0, 0.05) is 12.1 Å². The van der Waals surface area contributed by atoms with E-state index in [0.717, 1.165) is 35.5 Å². The number of carbonyl (C=O) groups is 1. The number of likely N-dealkylation sites (N-methyl/N-ethyl adjacent to an activating group) is 1. The minimum atomic E-state index is -0.276. The normalized spacial score (nSPS) is 18.3. The van der Waals surface area contributed by atoms with E-state index < -0.39 is 0 Å². The van der Waals surface area contributed by atoms with Crippen molar-refractivity contribution in [3.63, 3.8) is 0 Å². The molecule has 1 saturated heterocycles. The predicted molar refractivity (Wildman–Crippen MR) is 89.7 cm³/mol. The molecule has 0 bridgehead atoms. The van der Waals surface area contributed by atoms with Crippen LogP contribution in [0.5, 0.6) is 0 Å². The average molecular weight is 333 g/mol. The highest BCUT2D eigenvalue weighted by molar-refractivity contribution is 7.13. The lowest BCUT2D eigenvalue weighted by Crippen LogP contribution is -2.41. The van der Waals surface area contributed by atoms with Crippen LogP contribution in [-0.4, -0.2) is 35.4 Å². The molecule has 1 aliphatic heterocycles. The molecule has 6 heteroatoms. The summed E-state index contributed by atoms with van der Waals surface area (Å²) in [6.07, 6.45) is 1.94. The van der Waals surface area contributed by atoms with Crippen molar-refractivity contribution in [2.75, 3.05) is 13.6 Å². The summed E-state index contributed by atoms with van der Waals surface area (Å²) >= 11 is 1.43. The van der Waals surface area contributed by atoms with Gasteiger partial charge in [-0.3, -0.25) is 9.69 Å². The zero-order chi connectivity index (χ0) is 16.4. The van der Waals surface area contributed by atoms with Crippen LogP contribution in [0.1, 0.15) is 24.1 Å². The van der Waals surface area contributed by atoms with Gasteiger partial charge in [0.1, 0.15) is 5.82 Å². The Kier molecular flexibility index (Phi) is 4.73. The molecule has 1 aliphatic rings. The third-order valence-electron chi connectivity index (χ3n) is 4.31. The molecule has 3 rings (SSSR count). The SMILES string of the molecule is Cc1ncsc1-c1ccc(CNC(=O)C2CCCN2C)cc1F. The van der Waals surface area contributed by atoms with E-state index in [9.17, 15) is 9.18 Å². The number of hydrogen-bond acceptors (Lipinski definition) is 4. The number of halogens is 1. The Bertz CT molecular complexity index is 716. The Hall–Kier alpha value is -1.79. The highest BCUT2D eigenvalue weighted by atomic mass is 32.1. The van der Waals surface area contributed by atoms with Crippen molar-refractivity contribution >= 4 is 17.2 Å². The minimum absolute atomic E-state index is 0.0211. The van der Waals surface area contributed by atoms with Crippen LogP contribution in [0.3, 0.4) is 0 Å². The molecule has 0 spiro atoms. The van der Waals surface area contributed by atoms with Crippen LogP contribution in [0, 0.1) is 12.7 Å². The highest BCUT2D eigenvalue weighted by Crippen LogP contribution is 2.29. The van der Waals surface area contributed by atoms with Crippen molar-refractivity contribution in [3.8, 4) is 10.4 Å². The first-order valence-electron chi connectivity index (χ1n) is 7.73. The first-order chi connectivity index (χ1) is 11.1. The molecule has 23 heavy (non-hydrogen) atoms. The summed E-state index contributed by atoms with van der Waals surface area (Å²) in [6.45, 7) is 3.18. The van der Waals surface area contributed by atoms with Gasteiger partial charge in [-0.05, 0) is 45.0 Å². The molecule has 0 saturated carbocycles. The number of rotatable bonds is 4. The Labute approximate surface area is 139 Å². The van der Waals surface area contributed by atoms with Crippen molar-refractivity contribution in [1.29, 1.82) is 0 Å². The Morgan fingerprint density at radius 2 is 2.35 bits per heavy atom. The van der Waals surface area contributed by atoms with Gasteiger partial charge in [0.05, 0.1) is 22.1 Å². The summed E-state index contributed by atoms with van der Waals surface area (Å²) in [5.74, 6) is -0.255. The first-order valence-corrected chi connectivity index (χ1v) is 8.61. The minimum Gasteiger partial charge on any atom is -0.351 e. The quantitative estimate of drug-likeness (QED) is 0.936. The van der Waals surface area contributed by atoms with Gasteiger partial charge in [-0.1, -0.05) is 12.1 Å². The maximum absolute atomic E-state index is 14.3. The summed E-state index contributed by atoms with van der Waals surface area (Å²) in [5.41, 5.74) is 3.88. The number of aromatic nitrogens is 1. The number of nitrogens with one attached hydrogen (secondary N) is 1. The zero-order valence-electron chi connectivity index (χ0n) is 13.3. The van der Waals surface area contributed by atoms with Gasteiger partial charge in [-0.25, -0.2) is 9.37 Å². The Morgan fingerprint density at radius 1 is 1.52 bits per heavy atom. The van der Waals surface area contributed by atoms with Gasteiger partial charge < -0.3 is 5.32 Å². The highest BCUT2D eigenvalue weighted by Gasteiger charge is 2.27. The number of amides is 1. The monoisotopic (exact) mass is 333 g/mol. The maximum Gasteiger partial charge on any atom is 0.237 e. The molecular weight excluding hydrogens is 313 g/mol. The molecule has 122 valence electrons. The van der Waals surface area contributed by atoms with Crippen molar-refractivity contribution in [2.24, 2.45) is 0 Å². The lowest BCUT2D eigenvalue weighted by Gasteiger charge is -2.18. The standard InChI is InChI=1S/C17H20FN3OS/c1-11-16(23-10-20-11)13-6-5-12(8-14(13)18)9-19-17(22)15-4-3-7-21(15)2/h5-6,8,10,15H,3-4,7,9H2,1-2H3,(H,19,22). The second-order valence-corrected chi connectivity index (χ2v) is 6.79. The van der Waals surface area contributed by atoms with Crippen LogP contribution in [0.15, 0.2) is 23.7 Å². The van der Waals surface area contributed by atoms with Gasteiger partial charge in [0.2, 0.25) is 5.91 Å². The molecular formula is C17H20FN3OS. The summed E-state index contributed by atoms with van der Waals surface area (Å²) in [7, 11) is 1.96. The molecule has 1 atom stereocenters. The maximum atomic E-state index is 14.3. The van der Waals surface area contributed by atoms with E-state index in [0.29, 0.717) is 12.1 Å². The molecule has 0 radical (unpaired) electrons. The molecule has 4 nitrogen and oxygen atoms in total. The van der Waals surface area contributed by atoms with E-state index in [4.69, 9.17) is 0 Å². The lowest BCUT2D eigenvalue weighted by molar-refractivity contribution is -0.125. The van der Waals surface area contributed by atoms with Gasteiger partial charge in [-0.15, -0.1) is 11.3 Å². The summed E-state index contributed by atoms with van der Waals surface area (Å²) in [6, 6.07) is 5.06. The van der Waals surface area contributed by atoms with Gasteiger partial charge in [0.15, 0.2) is 0 Å². The van der Waals surface area contributed by atoms with E-state index >= 15 is 0 Å². The number of hydrogen-bond donors (Lipinski definition) is 1. The third kappa shape index (κ3) is 3.43. The fraction of sp³-hybridized carbons (Fsp3) is 0.412. The van der Waals surface area contributed by atoms with Gasteiger partial charge >= 0.3 is 0 Å². The third-order valence-corrected chi connectivity index (χ3v) is 5.28. The van der Waals surface area contributed by atoms with E-state index in [-0.39, 0.29) is 17.8 Å². The first kappa shape index (κ1) is 16.1. The number of aryl methyl sites for hydroxylation is 1. The summed E-state index contributed by atoms with van der Waals surface area (Å²) in [5, 5.41) is 2.91. The van der Waals surface area contributed by atoms with Gasteiger partial charge in [-0.2, -0.15) is 0 Å². The van der Waals surface area contributed by atoms with Crippen molar-refractivity contribution < 1.29 is 9.18 Å². The second kappa shape index (κ2) is 6.76. The molecule has 1 aromatic carbocycles. The van der Waals surface area contributed by atoms with E-state index in [2.05, 4.69) is 15.2 Å². The zero-order valence-corrected chi connectivity index (χ0v) is 14.1. The molecule has 2 aromatic rings. The number of nitrogens with zero attached hydrogens (tertiary/aromatic N) is 2. The van der Waals surface area contributed by atoms with Crippen molar-refractivity contribution in [2.45, 2.75) is 32.4 Å². The summed E-state index contributed by atoms with van der Waals surface area (Å²) < 4.78 is 14.3. The Balaban J connectivity index is 1.67. The number of benzene rings is 1. The van der Waals surface area contributed by atoms with Crippen LogP contribution in [0.4, 0.5) is 4.39 Å². The van der Waals surface area contributed by atoms with E-state index in [1.54, 1.807) is 11.6 Å². The fourth-order valence-electron chi connectivity index (χ4n) is 2.96. The molecule has 1 aromatic heterocycles. The van der Waals surface area contributed by atoms with E-state index in [1.807, 2.05) is 20.0 Å². The van der Waals surface area contributed by atoms with Crippen LogP contribution < -0.4 is 5.32 Å². The fourth-order valence-corrected chi connectivity index (χ4v) is 3.79. The lowest BCUT2D eigenvalue weighted by atomic mass is 10.1. The van der Waals surface area contributed by atoms with Crippen molar-refractivity contribution in [3.05, 3.63) is 40.8 Å². The van der Waals surface area contributed by atoms with Crippen LogP contribution >= 0.6 is 11.3 Å². The van der Waals surface area contributed by atoms with Crippen LogP contribution in [0.25, 0.3) is 10.4 Å². The molecule has 1 fully saturated rings. The number of carbonyl (C=O) groups excluding carboxylic acids is 1. The van der Waals surface area contributed by atoms with Crippen LogP contribution in [0.2, 0.25) is 0 Å². The van der Waals surface area contributed by atoms with E-state index in [1.165, 1.54) is 17.4 Å². The second-order valence-electron chi connectivity index (χ2n) is 5.94. The number of likely N-dealkylation sites (tertiary alicyclic amines) is 1. The molecule has 1 N–H and O–H groups in total. The number of thiazole rings is 1. The summed E-state index contributed by atoms with van der Waals surface area (Å²) in [4.78, 5) is 19.2. The average Bonchev–Trinajstić information content (AvgIpc) is 3.13. The van der Waals surface area contributed by atoms with Crippen molar-refractivity contribution in [1.82, 2.24) is 15.2 Å². The molecule has 1 unspecified atom stereocenters. The Morgan fingerprint density at radius 3 is 2.96 bits per heavy atom. The molecule has 0 aliphatic carbocycles. The molecule has 2 heterocycles. The largest absolute Gasteiger partial charge is 0.351 e. The topological polar surface area (TPSA) is 45.2 Å². The smallest absolute Gasteiger partial charge is 0.237 e.